The van der Waals surface area contributed by atoms with E-state index in [1.54, 1.807) is 0 Å². The third-order valence-corrected chi connectivity index (χ3v) is 5.75. The number of hydrogen-bond donors (Lipinski definition) is 0. The van der Waals surface area contributed by atoms with E-state index >= 15 is 0 Å². The van der Waals surface area contributed by atoms with Gasteiger partial charge in [-0.05, 0) is 50.3 Å². The second kappa shape index (κ2) is 4.55. The monoisotopic (exact) mass is 295 g/mol. The van der Waals surface area contributed by atoms with E-state index in [1.807, 2.05) is 6.07 Å². The second-order valence-electron chi connectivity index (χ2n) is 7.10. The van der Waals surface area contributed by atoms with Crippen molar-refractivity contribution in [2.24, 2.45) is 5.41 Å². The van der Waals surface area contributed by atoms with Crippen molar-refractivity contribution in [3.05, 3.63) is 41.6 Å². The van der Waals surface area contributed by atoms with Crippen molar-refractivity contribution in [3.8, 4) is 0 Å². The van der Waals surface area contributed by atoms with Crippen LogP contribution in [0.5, 0.6) is 0 Å². The molecule has 1 aromatic carbocycles. The molecule has 0 N–H and O–H groups in total. The van der Waals surface area contributed by atoms with Gasteiger partial charge in [0.1, 0.15) is 0 Å². The first kappa shape index (κ1) is 13.7. The largest absolute Gasteiger partial charge is 0.469 e. The number of pyridine rings is 1. The number of ether oxygens (including phenoxy) is 1. The van der Waals surface area contributed by atoms with Gasteiger partial charge in [0.15, 0.2) is 0 Å². The van der Waals surface area contributed by atoms with Crippen LogP contribution in [0.3, 0.4) is 0 Å². The topological polar surface area (TPSA) is 39.2 Å². The maximum absolute atomic E-state index is 12.1. The van der Waals surface area contributed by atoms with E-state index in [0.29, 0.717) is 0 Å². The summed E-state index contributed by atoms with van der Waals surface area (Å²) >= 11 is 0. The maximum Gasteiger partial charge on any atom is 0.311 e. The van der Waals surface area contributed by atoms with E-state index in [4.69, 9.17) is 9.72 Å². The predicted octanol–water partition coefficient (Wildman–Crippen LogP) is 3.92. The van der Waals surface area contributed by atoms with Crippen molar-refractivity contribution < 1.29 is 9.53 Å². The Morgan fingerprint density at radius 1 is 1.23 bits per heavy atom. The summed E-state index contributed by atoms with van der Waals surface area (Å²) in [6.45, 7) is 2.15. The molecule has 5 rings (SSSR count). The highest BCUT2D eigenvalue weighted by Crippen LogP contribution is 2.64. The van der Waals surface area contributed by atoms with Crippen molar-refractivity contribution >= 4 is 16.9 Å². The smallest absolute Gasteiger partial charge is 0.311 e. The Labute approximate surface area is 130 Å². The van der Waals surface area contributed by atoms with Crippen LogP contribution in [0.4, 0.5) is 0 Å². The van der Waals surface area contributed by atoms with Gasteiger partial charge in [0.05, 0.1) is 18.0 Å². The van der Waals surface area contributed by atoms with E-state index in [-0.39, 0.29) is 16.8 Å². The number of rotatable bonds is 2. The number of nitrogens with zero attached hydrogens (tertiary/aromatic N) is 1. The maximum atomic E-state index is 12.1. The first-order chi connectivity index (χ1) is 10.6. The quantitative estimate of drug-likeness (QED) is 0.788. The van der Waals surface area contributed by atoms with E-state index in [1.165, 1.54) is 23.8 Å². The highest BCUT2D eigenvalue weighted by Gasteiger charge is 2.62. The zero-order valence-corrected chi connectivity index (χ0v) is 13.2. The van der Waals surface area contributed by atoms with Gasteiger partial charge in [-0.3, -0.25) is 9.78 Å². The average Bonchev–Trinajstić information content (AvgIpc) is 2.53. The van der Waals surface area contributed by atoms with Gasteiger partial charge >= 0.3 is 5.97 Å². The van der Waals surface area contributed by atoms with Gasteiger partial charge < -0.3 is 4.74 Å². The number of hydrogen-bond acceptors (Lipinski definition) is 3. The van der Waals surface area contributed by atoms with Gasteiger partial charge in [-0.15, -0.1) is 0 Å². The second-order valence-corrected chi connectivity index (χ2v) is 7.10. The molecule has 3 fully saturated rings. The molecular formula is C19H21NO2. The molecule has 3 saturated carbocycles. The van der Waals surface area contributed by atoms with E-state index in [9.17, 15) is 4.79 Å². The predicted molar refractivity (Wildman–Crippen MR) is 85.7 cm³/mol. The molecule has 3 heteroatoms. The number of carbonyl (C=O) groups is 1. The fourth-order valence-corrected chi connectivity index (χ4v) is 4.76. The Balaban J connectivity index is 1.75. The highest BCUT2D eigenvalue weighted by molar-refractivity contribution is 5.83. The third-order valence-electron chi connectivity index (χ3n) is 5.75. The third kappa shape index (κ3) is 1.74. The number of carbonyl (C=O) groups excluding carboxylic acids is 1. The van der Waals surface area contributed by atoms with Crippen molar-refractivity contribution in [2.75, 3.05) is 7.11 Å². The summed E-state index contributed by atoms with van der Waals surface area (Å²) in [5, 5.41) is 1.22. The van der Waals surface area contributed by atoms with Gasteiger partial charge in [0, 0.05) is 16.5 Å². The normalized spacial score (nSPS) is 29.9. The first-order valence-electron chi connectivity index (χ1n) is 8.04. The fourth-order valence-electron chi connectivity index (χ4n) is 4.76. The minimum atomic E-state index is -0.242. The average molecular weight is 295 g/mol. The molecule has 0 aliphatic heterocycles. The van der Waals surface area contributed by atoms with Crippen LogP contribution in [0.2, 0.25) is 0 Å². The van der Waals surface area contributed by atoms with Gasteiger partial charge in [-0.1, -0.05) is 24.6 Å². The molecule has 3 nitrogen and oxygen atoms in total. The molecular weight excluding hydrogens is 274 g/mol. The number of para-hydroxylation sites is 1. The Morgan fingerprint density at radius 2 is 2.00 bits per heavy atom. The van der Waals surface area contributed by atoms with Crippen molar-refractivity contribution in [1.82, 2.24) is 4.98 Å². The number of methoxy groups -OCH3 is 1. The van der Waals surface area contributed by atoms with Crippen LogP contribution in [-0.4, -0.2) is 18.1 Å². The van der Waals surface area contributed by atoms with Gasteiger partial charge in [0.25, 0.3) is 0 Å². The molecule has 0 amide bonds. The lowest BCUT2D eigenvalue weighted by Gasteiger charge is -2.58. The molecule has 3 aliphatic rings. The summed E-state index contributed by atoms with van der Waals surface area (Å²) in [7, 11) is 1.50. The number of benzene rings is 1. The summed E-state index contributed by atoms with van der Waals surface area (Å²) in [6, 6.07) is 10.5. The molecule has 0 unspecified atom stereocenters. The van der Waals surface area contributed by atoms with Crippen molar-refractivity contribution in [1.29, 1.82) is 0 Å². The summed E-state index contributed by atoms with van der Waals surface area (Å²) in [4.78, 5) is 17.1. The van der Waals surface area contributed by atoms with Gasteiger partial charge in [-0.25, -0.2) is 0 Å². The Morgan fingerprint density at radius 3 is 2.77 bits per heavy atom. The summed E-state index contributed by atoms with van der Waals surface area (Å²) in [5.41, 5.74) is 3.35. The zero-order valence-electron chi connectivity index (χ0n) is 13.2. The summed E-state index contributed by atoms with van der Waals surface area (Å²) < 4.78 is 5.05. The number of aryl methyl sites for hydroxylation is 1. The molecule has 22 heavy (non-hydrogen) atoms. The molecule has 1 aromatic heterocycles. The van der Waals surface area contributed by atoms with Crippen LogP contribution in [0.1, 0.15) is 43.4 Å². The first-order valence-corrected chi connectivity index (χ1v) is 8.04. The number of esters is 1. The molecule has 0 radical (unpaired) electrons. The SMILES string of the molecule is COC(=O)C12CCCC(c3cc(C)c4ccccc4n3)(C1)C2. The Bertz CT molecular complexity index is 759. The van der Waals surface area contributed by atoms with Crippen LogP contribution < -0.4 is 0 Å². The molecule has 0 atom stereocenters. The molecule has 1 heterocycles. The van der Waals surface area contributed by atoms with Crippen LogP contribution in [0, 0.1) is 12.3 Å². The molecule has 3 aliphatic carbocycles. The molecule has 2 aromatic rings. The molecule has 0 spiro atoms. The number of aromatic nitrogens is 1. The lowest BCUT2D eigenvalue weighted by molar-refractivity contribution is -0.170. The van der Waals surface area contributed by atoms with Crippen LogP contribution in [0.25, 0.3) is 10.9 Å². The summed E-state index contributed by atoms with van der Waals surface area (Å²) in [6.07, 6.45) is 4.99. The van der Waals surface area contributed by atoms with Crippen LogP contribution in [0.15, 0.2) is 30.3 Å². The lowest BCUT2D eigenvalue weighted by atomic mass is 9.44. The lowest BCUT2D eigenvalue weighted by Crippen LogP contribution is -2.57. The minimum Gasteiger partial charge on any atom is -0.469 e. The molecule has 114 valence electrons. The highest BCUT2D eigenvalue weighted by atomic mass is 16.5. The Kier molecular flexibility index (Phi) is 2.84. The molecule has 0 saturated heterocycles. The summed E-state index contributed by atoms with van der Waals surface area (Å²) in [5.74, 6) is -0.0275. The minimum absolute atomic E-state index is 0.0275. The van der Waals surface area contributed by atoms with Crippen molar-refractivity contribution in [2.45, 2.75) is 44.4 Å². The van der Waals surface area contributed by atoms with Crippen molar-refractivity contribution in [3.63, 3.8) is 0 Å². The standard InChI is InChI=1S/C19H21NO2/c1-13-10-16(20-15-7-4-3-6-14(13)15)18-8-5-9-19(11-18,12-18)17(21)22-2/h3-4,6-7,10H,5,8-9,11-12H2,1-2H3. The van der Waals surface area contributed by atoms with E-state index < -0.39 is 0 Å². The number of fused-ring (bicyclic) bond motifs is 3. The van der Waals surface area contributed by atoms with Crippen LogP contribution >= 0.6 is 0 Å². The fraction of sp³-hybridized carbons (Fsp3) is 0.474. The zero-order chi connectivity index (χ0) is 15.4. The van der Waals surface area contributed by atoms with E-state index in [2.05, 4.69) is 31.2 Å². The molecule has 2 bridgehead atoms. The Hall–Kier alpha value is -1.90. The van der Waals surface area contributed by atoms with Crippen LogP contribution in [-0.2, 0) is 14.9 Å². The van der Waals surface area contributed by atoms with Gasteiger partial charge in [-0.2, -0.15) is 0 Å². The van der Waals surface area contributed by atoms with E-state index in [0.717, 1.165) is 37.6 Å². The van der Waals surface area contributed by atoms with Gasteiger partial charge in [0.2, 0.25) is 0 Å².